The van der Waals surface area contributed by atoms with Crippen LogP contribution in [0.1, 0.15) is 35.0 Å². The molecule has 4 heteroatoms. The van der Waals surface area contributed by atoms with Gasteiger partial charge in [0.25, 0.3) is 0 Å². The van der Waals surface area contributed by atoms with Crippen LogP contribution in [-0.2, 0) is 6.42 Å². The van der Waals surface area contributed by atoms with Gasteiger partial charge in [-0.25, -0.2) is 0 Å². The second-order valence-corrected chi connectivity index (χ2v) is 6.71. The standard InChI is InChI=1S/C16H19ClN2S/c1-11-14-6-8-20-16(14)5-7-19(11)15(10-18)12-3-2-4-13(17)9-12/h2-4,6,8-9,11,15H,5,7,10,18H2,1H3. The largest absolute Gasteiger partial charge is 0.329 e. The summed E-state index contributed by atoms with van der Waals surface area (Å²) in [6, 6.07) is 11.0. The van der Waals surface area contributed by atoms with Crippen LogP contribution in [0.5, 0.6) is 0 Å². The molecule has 0 bridgehead atoms. The van der Waals surface area contributed by atoms with Crippen LogP contribution in [0.15, 0.2) is 35.7 Å². The van der Waals surface area contributed by atoms with Gasteiger partial charge < -0.3 is 5.73 Å². The Morgan fingerprint density at radius 3 is 3.05 bits per heavy atom. The van der Waals surface area contributed by atoms with Crippen LogP contribution in [0.25, 0.3) is 0 Å². The maximum Gasteiger partial charge on any atom is 0.0477 e. The summed E-state index contributed by atoms with van der Waals surface area (Å²) in [6.45, 7) is 3.95. The third-order valence-electron chi connectivity index (χ3n) is 4.18. The third-order valence-corrected chi connectivity index (χ3v) is 5.41. The maximum atomic E-state index is 6.13. The summed E-state index contributed by atoms with van der Waals surface area (Å²) in [5, 5.41) is 2.98. The molecule has 2 heterocycles. The molecule has 2 atom stereocenters. The van der Waals surface area contributed by atoms with Gasteiger partial charge in [-0.1, -0.05) is 23.7 Å². The molecule has 2 unspecified atom stereocenters. The normalized spacial score (nSPS) is 20.6. The second kappa shape index (κ2) is 5.86. The van der Waals surface area contributed by atoms with Gasteiger partial charge in [-0.15, -0.1) is 11.3 Å². The molecule has 1 aliphatic rings. The van der Waals surface area contributed by atoms with Gasteiger partial charge in [0, 0.05) is 35.1 Å². The van der Waals surface area contributed by atoms with Crippen molar-refractivity contribution in [1.82, 2.24) is 4.90 Å². The number of nitrogens with zero attached hydrogens (tertiary/aromatic N) is 1. The number of benzene rings is 1. The molecule has 20 heavy (non-hydrogen) atoms. The van der Waals surface area contributed by atoms with Gasteiger partial charge >= 0.3 is 0 Å². The molecular weight excluding hydrogens is 288 g/mol. The molecule has 2 nitrogen and oxygen atoms in total. The Morgan fingerprint density at radius 2 is 2.30 bits per heavy atom. The molecule has 0 radical (unpaired) electrons. The zero-order valence-electron chi connectivity index (χ0n) is 11.6. The SMILES string of the molecule is CC1c2ccsc2CCN1C(CN)c1cccc(Cl)c1. The van der Waals surface area contributed by atoms with E-state index in [0.29, 0.717) is 12.6 Å². The lowest BCUT2D eigenvalue weighted by Gasteiger charge is -2.39. The van der Waals surface area contributed by atoms with E-state index in [9.17, 15) is 0 Å². The van der Waals surface area contributed by atoms with Gasteiger partial charge in [0.05, 0.1) is 0 Å². The van der Waals surface area contributed by atoms with Crippen LogP contribution >= 0.6 is 22.9 Å². The predicted octanol–water partition coefficient (Wildman–Crippen LogP) is 4.02. The average molecular weight is 307 g/mol. The summed E-state index contributed by atoms with van der Waals surface area (Å²) in [6.07, 6.45) is 1.12. The molecule has 1 aliphatic heterocycles. The molecule has 0 spiro atoms. The minimum Gasteiger partial charge on any atom is -0.329 e. The van der Waals surface area contributed by atoms with E-state index in [4.69, 9.17) is 17.3 Å². The number of nitrogens with two attached hydrogens (primary N) is 1. The quantitative estimate of drug-likeness (QED) is 0.928. The summed E-state index contributed by atoms with van der Waals surface area (Å²) in [4.78, 5) is 4.02. The Bertz CT molecular complexity index is 596. The Labute approximate surface area is 129 Å². The molecule has 2 N–H and O–H groups in total. The van der Waals surface area contributed by atoms with Crippen LogP contribution in [0.4, 0.5) is 0 Å². The average Bonchev–Trinajstić information content (AvgIpc) is 2.91. The highest BCUT2D eigenvalue weighted by Crippen LogP contribution is 2.38. The zero-order valence-corrected chi connectivity index (χ0v) is 13.1. The highest BCUT2D eigenvalue weighted by molar-refractivity contribution is 7.10. The summed E-state index contributed by atoms with van der Waals surface area (Å²) < 4.78 is 0. The lowest BCUT2D eigenvalue weighted by atomic mass is 9.96. The minimum absolute atomic E-state index is 0.233. The van der Waals surface area contributed by atoms with E-state index in [1.807, 2.05) is 29.5 Å². The topological polar surface area (TPSA) is 29.3 Å². The molecule has 1 aromatic carbocycles. The Kier molecular flexibility index (Phi) is 4.13. The first-order chi connectivity index (χ1) is 9.70. The van der Waals surface area contributed by atoms with Crippen molar-refractivity contribution < 1.29 is 0 Å². The molecule has 3 rings (SSSR count). The number of hydrogen-bond acceptors (Lipinski definition) is 3. The van der Waals surface area contributed by atoms with E-state index in [2.05, 4.69) is 29.3 Å². The molecule has 0 amide bonds. The first-order valence-corrected chi connectivity index (χ1v) is 8.24. The van der Waals surface area contributed by atoms with Gasteiger partial charge in [-0.3, -0.25) is 4.90 Å². The summed E-state index contributed by atoms with van der Waals surface area (Å²) in [5.74, 6) is 0. The van der Waals surface area contributed by atoms with E-state index in [0.717, 1.165) is 18.0 Å². The lowest BCUT2D eigenvalue weighted by molar-refractivity contribution is 0.139. The van der Waals surface area contributed by atoms with E-state index in [-0.39, 0.29) is 6.04 Å². The van der Waals surface area contributed by atoms with Crippen molar-refractivity contribution in [3.8, 4) is 0 Å². The smallest absolute Gasteiger partial charge is 0.0477 e. The van der Waals surface area contributed by atoms with Crippen molar-refractivity contribution in [2.75, 3.05) is 13.1 Å². The summed E-state index contributed by atoms with van der Waals surface area (Å²) in [7, 11) is 0. The number of fused-ring (bicyclic) bond motifs is 1. The summed E-state index contributed by atoms with van der Waals surface area (Å²) >= 11 is 8.00. The van der Waals surface area contributed by atoms with E-state index < -0.39 is 0 Å². The molecule has 106 valence electrons. The van der Waals surface area contributed by atoms with Gasteiger partial charge in [0.1, 0.15) is 0 Å². The number of hydrogen-bond donors (Lipinski definition) is 1. The Balaban J connectivity index is 1.91. The number of thiophene rings is 1. The molecule has 1 aromatic heterocycles. The number of halogens is 1. The van der Waals surface area contributed by atoms with Crippen molar-refractivity contribution >= 4 is 22.9 Å². The first-order valence-electron chi connectivity index (χ1n) is 6.98. The molecule has 0 fully saturated rings. The van der Waals surface area contributed by atoms with Crippen LogP contribution < -0.4 is 5.73 Å². The van der Waals surface area contributed by atoms with Crippen LogP contribution in [0.3, 0.4) is 0 Å². The Morgan fingerprint density at radius 1 is 1.45 bits per heavy atom. The van der Waals surface area contributed by atoms with E-state index >= 15 is 0 Å². The van der Waals surface area contributed by atoms with E-state index in [1.54, 1.807) is 0 Å². The van der Waals surface area contributed by atoms with Crippen molar-refractivity contribution in [3.05, 3.63) is 56.7 Å². The summed E-state index contributed by atoms with van der Waals surface area (Å²) in [5.41, 5.74) is 8.73. The molecule has 0 saturated heterocycles. The van der Waals surface area contributed by atoms with Gasteiger partial charge in [0.15, 0.2) is 0 Å². The monoisotopic (exact) mass is 306 g/mol. The molecule has 0 aliphatic carbocycles. The second-order valence-electron chi connectivity index (χ2n) is 5.27. The third kappa shape index (κ3) is 2.51. The van der Waals surface area contributed by atoms with Crippen LogP contribution in [0, 0.1) is 0 Å². The minimum atomic E-state index is 0.233. The van der Waals surface area contributed by atoms with Crippen molar-refractivity contribution in [1.29, 1.82) is 0 Å². The predicted molar refractivity (Wildman–Crippen MR) is 86.4 cm³/mol. The maximum absolute atomic E-state index is 6.13. The van der Waals surface area contributed by atoms with Crippen LogP contribution in [0.2, 0.25) is 5.02 Å². The number of rotatable bonds is 3. The van der Waals surface area contributed by atoms with Gasteiger partial charge in [-0.2, -0.15) is 0 Å². The highest BCUT2D eigenvalue weighted by atomic mass is 35.5. The fourth-order valence-corrected chi connectivity index (χ4v) is 4.29. The van der Waals surface area contributed by atoms with E-state index in [1.165, 1.54) is 16.0 Å². The fourth-order valence-electron chi connectivity index (χ4n) is 3.13. The zero-order chi connectivity index (χ0) is 14.1. The fraction of sp³-hybridized carbons (Fsp3) is 0.375. The molecular formula is C16H19ClN2S. The lowest BCUT2D eigenvalue weighted by Crippen LogP contribution is -2.39. The van der Waals surface area contributed by atoms with Crippen molar-refractivity contribution in [2.45, 2.75) is 25.4 Å². The Hall–Kier alpha value is -0.870. The first kappa shape index (κ1) is 14.1. The molecule has 0 saturated carbocycles. The van der Waals surface area contributed by atoms with Gasteiger partial charge in [0.2, 0.25) is 0 Å². The van der Waals surface area contributed by atoms with Crippen molar-refractivity contribution in [2.24, 2.45) is 5.73 Å². The highest BCUT2D eigenvalue weighted by Gasteiger charge is 2.30. The van der Waals surface area contributed by atoms with Crippen molar-refractivity contribution in [3.63, 3.8) is 0 Å². The molecule has 2 aromatic rings. The van der Waals surface area contributed by atoms with Gasteiger partial charge in [-0.05, 0) is 48.1 Å². The van der Waals surface area contributed by atoms with Crippen LogP contribution in [-0.4, -0.2) is 18.0 Å².